The van der Waals surface area contributed by atoms with Gasteiger partial charge in [0.05, 0.1) is 24.7 Å². The Morgan fingerprint density at radius 3 is 2.83 bits per heavy atom. The Morgan fingerprint density at radius 2 is 2.13 bits per heavy atom. The first-order valence-electron chi connectivity index (χ1n) is 7.76. The second kappa shape index (κ2) is 6.76. The normalized spacial score (nSPS) is 16.8. The van der Waals surface area contributed by atoms with Crippen molar-refractivity contribution in [3.63, 3.8) is 0 Å². The third-order valence-corrected chi connectivity index (χ3v) is 4.41. The van der Waals surface area contributed by atoms with Crippen molar-refractivity contribution in [3.8, 4) is 0 Å². The van der Waals surface area contributed by atoms with E-state index in [2.05, 4.69) is 4.90 Å². The number of likely N-dealkylation sites (tertiary alicyclic amines) is 1. The van der Waals surface area contributed by atoms with Crippen molar-refractivity contribution in [1.29, 1.82) is 0 Å². The van der Waals surface area contributed by atoms with Gasteiger partial charge in [0.1, 0.15) is 0 Å². The monoisotopic (exact) mass is 338 g/mol. The first-order valence-corrected chi connectivity index (χ1v) is 8.14. The Balaban J connectivity index is 1.70. The van der Waals surface area contributed by atoms with Crippen LogP contribution in [0.2, 0.25) is 5.02 Å². The zero-order chi connectivity index (χ0) is 16.4. The third kappa shape index (κ3) is 3.43. The fraction of sp³-hybridized carbons (Fsp3) is 0.500. The van der Waals surface area contributed by atoms with Crippen molar-refractivity contribution in [2.75, 3.05) is 19.7 Å². The molecule has 1 saturated heterocycles. The minimum atomic E-state index is -0.394. The smallest absolute Gasteiger partial charge is 0.421 e. The lowest BCUT2D eigenvalue weighted by Gasteiger charge is -2.30. The zero-order valence-corrected chi connectivity index (χ0v) is 13.7. The molecule has 0 saturated carbocycles. The maximum absolute atomic E-state index is 12.0. The topological polar surface area (TPSA) is 64.7 Å². The van der Waals surface area contributed by atoms with Crippen LogP contribution in [0.15, 0.2) is 27.4 Å². The lowest BCUT2D eigenvalue weighted by Crippen LogP contribution is -2.39. The summed E-state index contributed by atoms with van der Waals surface area (Å²) in [6.45, 7) is 4.14. The molecule has 1 fully saturated rings. The average Bonchev–Trinajstić information content (AvgIpc) is 2.84. The van der Waals surface area contributed by atoms with E-state index in [9.17, 15) is 9.59 Å². The van der Waals surface area contributed by atoms with E-state index in [4.69, 9.17) is 20.8 Å². The second-order valence-electron chi connectivity index (χ2n) is 5.69. The summed E-state index contributed by atoms with van der Waals surface area (Å²) in [6.07, 6.45) is 1.48. The minimum Gasteiger partial charge on any atom is -0.466 e. The van der Waals surface area contributed by atoms with Crippen LogP contribution >= 0.6 is 11.6 Å². The highest BCUT2D eigenvalue weighted by Crippen LogP contribution is 2.22. The number of hydrogen-bond donors (Lipinski definition) is 0. The molecule has 0 aliphatic carbocycles. The molecule has 0 unspecified atom stereocenters. The molecule has 0 bridgehead atoms. The maximum atomic E-state index is 12.0. The summed E-state index contributed by atoms with van der Waals surface area (Å²) in [6, 6.07) is 5.12. The number of ether oxygens (including phenoxy) is 1. The molecule has 0 N–H and O–H groups in total. The Hall–Kier alpha value is -1.79. The van der Waals surface area contributed by atoms with E-state index >= 15 is 0 Å². The first-order chi connectivity index (χ1) is 11.1. The van der Waals surface area contributed by atoms with Gasteiger partial charge in [0, 0.05) is 18.1 Å². The van der Waals surface area contributed by atoms with Crippen LogP contribution < -0.4 is 5.76 Å². The van der Waals surface area contributed by atoms with Crippen molar-refractivity contribution in [1.82, 2.24) is 9.47 Å². The van der Waals surface area contributed by atoms with E-state index < -0.39 is 5.76 Å². The fourth-order valence-electron chi connectivity index (χ4n) is 2.94. The summed E-state index contributed by atoms with van der Waals surface area (Å²) in [5.41, 5.74) is 1.22. The second-order valence-corrected chi connectivity index (χ2v) is 6.13. The molecule has 1 aromatic carbocycles. The molecular formula is C16H19ClN2O4. The lowest BCUT2D eigenvalue weighted by atomic mass is 9.97. The molecular weight excluding hydrogens is 320 g/mol. The SMILES string of the molecule is CCOC(=O)C1CCN(Cn2c(=O)oc3ccc(Cl)cc32)CC1. The van der Waals surface area contributed by atoms with Gasteiger partial charge in [-0.15, -0.1) is 0 Å². The molecule has 3 rings (SSSR count). The Bertz CT molecular complexity index is 759. The quantitative estimate of drug-likeness (QED) is 0.801. The Kier molecular flexibility index (Phi) is 4.73. The van der Waals surface area contributed by atoms with Gasteiger partial charge < -0.3 is 9.15 Å². The summed E-state index contributed by atoms with van der Waals surface area (Å²) in [5, 5.41) is 0.563. The molecule has 1 aliphatic rings. The van der Waals surface area contributed by atoms with Crippen LogP contribution in [0.1, 0.15) is 19.8 Å². The largest absolute Gasteiger partial charge is 0.466 e. The van der Waals surface area contributed by atoms with Gasteiger partial charge in [-0.05, 0) is 38.0 Å². The molecule has 124 valence electrons. The van der Waals surface area contributed by atoms with Gasteiger partial charge in [-0.1, -0.05) is 11.6 Å². The number of esters is 1. The number of aromatic nitrogens is 1. The summed E-state index contributed by atoms with van der Waals surface area (Å²) in [5.74, 6) is -0.557. The Labute approximate surface area is 138 Å². The van der Waals surface area contributed by atoms with E-state index in [0.717, 1.165) is 25.9 Å². The maximum Gasteiger partial charge on any atom is 0.421 e. The molecule has 0 atom stereocenters. The van der Waals surface area contributed by atoms with E-state index in [-0.39, 0.29) is 11.9 Å². The van der Waals surface area contributed by atoms with Gasteiger partial charge in [0.2, 0.25) is 0 Å². The molecule has 7 heteroatoms. The highest BCUT2D eigenvalue weighted by molar-refractivity contribution is 6.31. The van der Waals surface area contributed by atoms with E-state index in [1.54, 1.807) is 22.8 Å². The van der Waals surface area contributed by atoms with Crippen molar-refractivity contribution >= 4 is 28.7 Å². The number of rotatable bonds is 4. The van der Waals surface area contributed by atoms with Gasteiger partial charge in [-0.3, -0.25) is 14.3 Å². The van der Waals surface area contributed by atoms with Gasteiger partial charge in [-0.25, -0.2) is 4.79 Å². The minimum absolute atomic E-state index is 0.0431. The summed E-state index contributed by atoms with van der Waals surface area (Å²) in [7, 11) is 0. The lowest BCUT2D eigenvalue weighted by molar-refractivity contribution is -0.149. The third-order valence-electron chi connectivity index (χ3n) is 4.18. The molecule has 1 aromatic heterocycles. The molecule has 6 nitrogen and oxygen atoms in total. The summed E-state index contributed by atoms with van der Waals surface area (Å²) >= 11 is 6.00. The van der Waals surface area contributed by atoms with Gasteiger partial charge in [-0.2, -0.15) is 0 Å². The Morgan fingerprint density at radius 1 is 1.39 bits per heavy atom. The van der Waals surface area contributed by atoms with Crippen LogP contribution in [0.4, 0.5) is 0 Å². The van der Waals surface area contributed by atoms with Crippen LogP contribution in [0.3, 0.4) is 0 Å². The highest BCUT2D eigenvalue weighted by Gasteiger charge is 2.26. The number of carbonyl (C=O) groups is 1. The van der Waals surface area contributed by atoms with Crippen LogP contribution in [-0.2, 0) is 16.2 Å². The van der Waals surface area contributed by atoms with Crippen LogP contribution in [-0.4, -0.2) is 35.1 Å². The number of nitrogens with zero attached hydrogens (tertiary/aromatic N) is 2. The molecule has 23 heavy (non-hydrogen) atoms. The first kappa shape index (κ1) is 16.1. The van der Waals surface area contributed by atoms with Crippen LogP contribution in [0.5, 0.6) is 0 Å². The van der Waals surface area contributed by atoms with Gasteiger partial charge >= 0.3 is 11.7 Å². The average molecular weight is 339 g/mol. The molecule has 0 radical (unpaired) electrons. The number of hydrogen-bond acceptors (Lipinski definition) is 5. The summed E-state index contributed by atoms with van der Waals surface area (Å²) in [4.78, 5) is 25.9. The van der Waals surface area contributed by atoms with Crippen molar-refractivity contribution in [2.45, 2.75) is 26.4 Å². The standard InChI is InChI=1S/C16H19ClN2O4/c1-2-22-15(20)11-5-7-18(8-6-11)10-19-13-9-12(17)3-4-14(13)23-16(19)21/h3-4,9,11H,2,5-8,10H2,1H3. The van der Waals surface area contributed by atoms with E-state index in [0.29, 0.717) is 29.4 Å². The van der Waals surface area contributed by atoms with Crippen molar-refractivity contribution in [2.24, 2.45) is 5.92 Å². The van der Waals surface area contributed by atoms with E-state index in [1.807, 2.05) is 6.92 Å². The number of benzene rings is 1. The zero-order valence-electron chi connectivity index (χ0n) is 13.0. The molecule has 2 aromatic rings. The van der Waals surface area contributed by atoms with Gasteiger partial charge in [0.15, 0.2) is 5.58 Å². The summed E-state index contributed by atoms with van der Waals surface area (Å²) < 4.78 is 11.9. The molecule has 0 spiro atoms. The van der Waals surface area contributed by atoms with E-state index in [1.165, 1.54) is 0 Å². The van der Waals surface area contributed by atoms with Crippen LogP contribution in [0.25, 0.3) is 11.1 Å². The highest BCUT2D eigenvalue weighted by atomic mass is 35.5. The molecule has 2 heterocycles. The van der Waals surface area contributed by atoms with Crippen LogP contribution in [0, 0.1) is 5.92 Å². The number of piperidine rings is 1. The number of oxazole rings is 1. The van der Waals surface area contributed by atoms with Gasteiger partial charge in [0.25, 0.3) is 0 Å². The number of carbonyl (C=O) groups excluding carboxylic acids is 1. The van der Waals surface area contributed by atoms with Crippen molar-refractivity contribution in [3.05, 3.63) is 33.8 Å². The number of fused-ring (bicyclic) bond motifs is 1. The molecule has 1 aliphatic heterocycles. The predicted octanol–water partition coefficient (Wildman–Crippen LogP) is 2.48. The number of halogens is 1. The molecule has 0 amide bonds. The van der Waals surface area contributed by atoms with Crippen molar-refractivity contribution < 1.29 is 13.9 Å². The fourth-order valence-corrected chi connectivity index (χ4v) is 3.11. The predicted molar refractivity (Wildman–Crippen MR) is 86.4 cm³/mol.